The van der Waals surface area contributed by atoms with Crippen molar-refractivity contribution in [2.75, 3.05) is 45.8 Å². The third kappa shape index (κ3) is 3.82. The number of rotatable bonds is 4. The molecule has 2 saturated heterocycles. The number of nitrogens with zero attached hydrogens (tertiary/aromatic N) is 3. The number of Topliss-reactive ketones (excluding diaryl/α,β-unsaturated/α-hetero) is 1. The van der Waals surface area contributed by atoms with E-state index in [-0.39, 0.29) is 5.91 Å². The molecule has 6 nitrogen and oxygen atoms in total. The Hall–Kier alpha value is -2.21. The molecule has 24 heavy (non-hydrogen) atoms. The van der Waals surface area contributed by atoms with Crippen molar-refractivity contribution in [1.29, 1.82) is 0 Å². The standard InChI is InChI=1S/C18H23N3O3/c22-16(20-8-4-5-9-20)14-19-10-12-21(13-11-19)18(24)17(23)15-6-2-1-3-7-15/h1-3,6-7H,4-5,8-14H2. The van der Waals surface area contributed by atoms with Crippen LogP contribution in [0.1, 0.15) is 23.2 Å². The lowest BCUT2D eigenvalue weighted by Crippen LogP contribution is -2.52. The molecule has 0 saturated carbocycles. The highest BCUT2D eigenvalue weighted by Crippen LogP contribution is 2.10. The maximum Gasteiger partial charge on any atom is 0.295 e. The normalized spacial score (nSPS) is 18.7. The van der Waals surface area contributed by atoms with Gasteiger partial charge >= 0.3 is 0 Å². The first-order valence-corrected chi connectivity index (χ1v) is 8.54. The Morgan fingerprint density at radius 1 is 0.792 bits per heavy atom. The summed E-state index contributed by atoms with van der Waals surface area (Å²) in [7, 11) is 0. The number of piperazine rings is 1. The summed E-state index contributed by atoms with van der Waals surface area (Å²) in [6.45, 7) is 4.39. The fourth-order valence-corrected chi connectivity index (χ4v) is 3.22. The van der Waals surface area contributed by atoms with Gasteiger partial charge in [0.1, 0.15) is 0 Å². The van der Waals surface area contributed by atoms with E-state index in [1.165, 1.54) is 0 Å². The molecule has 0 aliphatic carbocycles. The third-order valence-corrected chi connectivity index (χ3v) is 4.71. The molecular weight excluding hydrogens is 306 g/mol. The first-order chi connectivity index (χ1) is 11.6. The second kappa shape index (κ2) is 7.57. The van der Waals surface area contributed by atoms with E-state index in [1.54, 1.807) is 29.2 Å². The summed E-state index contributed by atoms with van der Waals surface area (Å²) in [6.07, 6.45) is 2.19. The highest BCUT2D eigenvalue weighted by molar-refractivity contribution is 6.42. The number of hydrogen-bond donors (Lipinski definition) is 0. The lowest BCUT2D eigenvalue weighted by Gasteiger charge is -2.34. The van der Waals surface area contributed by atoms with Crippen molar-refractivity contribution < 1.29 is 14.4 Å². The molecule has 2 aliphatic rings. The minimum absolute atomic E-state index is 0.174. The van der Waals surface area contributed by atoms with Crippen LogP contribution in [0.25, 0.3) is 0 Å². The van der Waals surface area contributed by atoms with Crippen LogP contribution in [0.3, 0.4) is 0 Å². The van der Waals surface area contributed by atoms with Gasteiger partial charge in [0.15, 0.2) is 0 Å². The molecule has 1 aromatic carbocycles. The van der Waals surface area contributed by atoms with Crippen LogP contribution in [-0.2, 0) is 9.59 Å². The van der Waals surface area contributed by atoms with Gasteiger partial charge in [-0.2, -0.15) is 0 Å². The van der Waals surface area contributed by atoms with Crippen LogP contribution in [0.2, 0.25) is 0 Å². The monoisotopic (exact) mass is 329 g/mol. The first-order valence-electron chi connectivity index (χ1n) is 8.54. The average Bonchev–Trinajstić information content (AvgIpc) is 3.17. The highest BCUT2D eigenvalue weighted by Gasteiger charge is 2.28. The van der Waals surface area contributed by atoms with Crippen LogP contribution in [-0.4, -0.2) is 78.1 Å². The van der Waals surface area contributed by atoms with E-state index in [2.05, 4.69) is 4.90 Å². The van der Waals surface area contributed by atoms with Crippen LogP contribution in [0, 0.1) is 0 Å². The Morgan fingerprint density at radius 3 is 2.04 bits per heavy atom. The molecule has 2 amide bonds. The molecular formula is C18H23N3O3. The van der Waals surface area contributed by atoms with Gasteiger partial charge in [-0.15, -0.1) is 0 Å². The fourth-order valence-electron chi connectivity index (χ4n) is 3.22. The van der Waals surface area contributed by atoms with Gasteiger partial charge in [-0.1, -0.05) is 30.3 Å². The maximum atomic E-state index is 12.3. The summed E-state index contributed by atoms with van der Waals surface area (Å²) in [5, 5.41) is 0. The Morgan fingerprint density at radius 2 is 1.42 bits per heavy atom. The summed E-state index contributed by atoms with van der Waals surface area (Å²) >= 11 is 0. The number of amides is 2. The summed E-state index contributed by atoms with van der Waals surface area (Å²) in [6, 6.07) is 8.64. The summed E-state index contributed by atoms with van der Waals surface area (Å²) < 4.78 is 0. The van der Waals surface area contributed by atoms with Crippen molar-refractivity contribution in [2.45, 2.75) is 12.8 Å². The molecule has 128 valence electrons. The minimum atomic E-state index is -0.461. The molecule has 3 rings (SSSR count). The average molecular weight is 329 g/mol. The van der Waals surface area contributed by atoms with Gasteiger partial charge in [-0.05, 0) is 12.8 Å². The molecule has 2 aliphatic heterocycles. The Labute approximate surface area is 142 Å². The zero-order valence-electron chi connectivity index (χ0n) is 13.8. The second-order valence-electron chi connectivity index (χ2n) is 6.35. The fraction of sp³-hybridized carbons (Fsp3) is 0.500. The molecule has 0 bridgehead atoms. The van der Waals surface area contributed by atoms with Gasteiger partial charge in [0, 0.05) is 44.8 Å². The molecule has 2 fully saturated rings. The molecule has 2 heterocycles. The van der Waals surface area contributed by atoms with E-state index >= 15 is 0 Å². The molecule has 0 aromatic heterocycles. The van der Waals surface area contributed by atoms with Crippen LogP contribution >= 0.6 is 0 Å². The largest absolute Gasteiger partial charge is 0.342 e. The van der Waals surface area contributed by atoms with Crippen LogP contribution < -0.4 is 0 Å². The minimum Gasteiger partial charge on any atom is -0.342 e. The maximum absolute atomic E-state index is 12.3. The SMILES string of the molecule is O=C(C(=O)N1CCN(CC(=O)N2CCCC2)CC1)c1ccccc1. The Bertz CT molecular complexity index is 603. The first kappa shape index (κ1) is 16.6. The molecule has 0 unspecified atom stereocenters. The lowest BCUT2D eigenvalue weighted by molar-refractivity contribution is -0.132. The summed E-state index contributed by atoms with van der Waals surface area (Å²) in [5.41, 5.74) is 0.425. The molecule has 0 N–H and O–H groups in total. The summed E-state index contributed by atoms with van der Waals surface area (Å²) in [5.74, 6) is -0.739. The van der Waals surface area contributed by atoms with E-state index in [4.69, 9.17) is 0 Å². The highest BCUT2D eigenvalue weighted by atomic mass is 16.2. The Balaban J connectivity index is 1.48. The number of benzene rings is 1. The number of carbonyl (C=O) groups excluding carboxylic acids is 3. The van der Waals surface area contributed by atoms with Crippen LogP contribution in [0.15, 0.2) is 30.3 Å². The quantitative estimate of drug-likeness (QED) is 0.601. The van der Waals surface area contributed by atoms with Crippen LogP contribution in [0.4, 0.5) is 0 Å². The Kier molecular flexibility index (Phi) is 5.25. The molecule has 6 heteroatoms. The predicted molar refractivity (Wildman–Crippen MR) is 89.6 cm³/mol. The predicted octanol–water partition coefficient (Wildman–Crippen LogP) is 0.636. The second-order valence-corrected chi connectivity index (χ2v) is 6.35. The van der Waals surface area contributed by atoms with Crippen molar-refractivity contribution in [3.63, 3.8) is 0 Å². The lowest BCUT2D eigenvalue weighted by atomic mass is 10.1. The van der Waals surface area contributed by atoms with Gasteiger partial charge in [0.2, 0.25) is 11.7 Å². The van der Waals surface area contributed by atoms with E-state index < -0.39 is 11.7 Å². The van der Waals surface area contributed by atoms with Gasteiger partial charge in [0.25, 0.3) is 5.91 Å². The van der Waals surface area contributed by atoms with Crippen molar-refractivity contribution in [1.82, 2.24) is 14.7 Å². The van der Waals surface area contributed by atoms with E-state index in [1.807, 2.05) is 11.0 Å². The van der Waals surface area contributed by atoms with Crippen molar-refractivity contribution >= 4 is 17.6 Å². The molecule has 0 atom stereocenters. The zero-order valence-corrected chi connectivity index (χ0v) is 13.8. The van der Waals surface area contributed by atoms with Crippen molar-refractivity contribution in [2.24, 2.45) is 0 Å². The molecule has 1 aromatic rings. The topological polar surface area (TPSA) is 60.9 Å². The number of ketones is 1. The van der Waals surface area contributed by atoms with E-state index in [0.29, 0.717) is 38.3 Å². The zero-order chi connectivity index (χ0) is 16.9. The molecule has 0 radical (unpaired) electrons. The van der Waals surface area contributed by atoms with Crippen LogP contribution in [0.5, 0.6) is 0 Å². The van der Waals surface area contributed by atoms with Gasteiger partial charge < -0.3 is 9.80 Å². The van der Waals surface area contributed by atoms with Crippen molar-refractivity contribution in [3.05, 3.63) is 35.9 Å². The van der Waals surface area contributed by atoms with E-state index in [0.717, 1.165) is 25.9 Å². The van der Waals surface area contributed by atoms with Gasteiger partial charge in [-0.3, -0.25) is 19.3 Å². The number of carbonyl (C=O) groups is 3. The number of hydrogen-bond acceptors (Lipinski definition) is 4. The van der Waals surface area contributed by atoms with Crippen molar-refractivity contribution in [3.8, 4) is 0 Å². The van der Waals surface area contributed by atoms with Gasteiger partial charge in [0.05, 0.1) is 6.54 Å². The summed E-state index contributed by atoms with van der Waals surface area (Å²) in [4.78, 5) is 42.3. The number of likely N-dealkylation sites (tertiary alicyclic amines) is 1. The smallest absolute Gasteiger partial charge is 0.295 e. The van der Waals surface area contributed by atoms with Gasteiger partial charge in [-0.25, -0.2) is 0 Å². The third-order valence-electron chi connectivity index (χ3n) is 4.71. The molecule has 0 spiro atoms. The van der Waals surface area contributed by atoms with E-state index in [9.17, 15) is 14.4 Å².